The van der Waals surface area contributed by atoms with E-state index in [1.165, 1.54) is 7.11 Å². The maximum atomic E-state index is 11.6. The van der Waals surface area contributed by atoms with Crippen molar-refractivity contribution >= 4 is 12.1 Å². The highest BCUT2D eigenvalue weighted by molar-refractivity contribution is 5.72. The lowest BCUT2D eigenvalue weighted by atomic mass is 10.1. The Balaban J connectivity index is 1.40. The zero-order valence-electron chi connectivity index (χ0n) is 17.7. The molecule has 2 rings (SSSR count). The molecule has 0 spiro atoms. The van der Waals surface area contributed by atoms with Gasteiger partial charge in [-0.25, -0.2) is 4.79 Å². The number of rotatable bonds is 14. The standard InChI is InChI=1S/C23H29NO7/c1-27-22(25)17-19-7-9-21(10-8-19)30-16-15-29-14-13-28-12-11-24-23(26)31-18-20-5-3-2-4-6-20/h2-10H,11-18H2,1H3,(H,24,26). The van der Waals surface area contributed by atoms with Crippen LogP contribution in [0.1, 0.15) is 11.1 Å². The Bertz CT molecular complexity index is 765. The summed E-state index contributed by atoms with van der Waals surface area (Å²) < 4.78 is 26.1. The molecule has 2 aromatic rings. The molecule has 0 aliphatic carbocycles. The van der Waals surface area contributed by atoms with Crippen LogP contribution in [-0.4, -0.2) is 58.8 Å². The largest absolute Gasteiger partial charge is 0.491 e. The fourth-order valence-electron chi connectivity index (χ4n) is 2.48. The van der Waals surface area contributed by atoms with E-state index in [0.717, 1.165) is 11.1 Å². The van der Waals surface area contributed by atoms with Gasteiger partial charge in [-0.1, -0.05) is 42.5 Å². The number of benzene rings is 2. The molecule has 0 aromatic heterocycles. The first-order valence-electron chi connectivity index (χ1n) is 10.1. The number of alkyl carbamates (subject to hydrolysis) is 1. The number of carbonyl (C=O) groups is 2. The lowest BCUT2D eigenvalue weighted by molar-refractivity contribution is -0.139. The van der Waals surface area contributed by atoms with Crippen LogP contribution in [0.25, 0.3) is 0 Å². The lowest BCUT2D eigenvalue weighted by Crippen LogP contribution is -2.28. The summed E-state index contributed by atoms with van der Waals surface area (Å²) in [6.45, 7) is 2.66. The number of nitrogens with one attached hydrogen (secondary N) is 1. The van der Waals surface area contributed by atoms with E-state index in [4.69, 9.17) is 18.9 Å². The van der Waals surface area contributed by atoms with Gasteiger partial charge in [0.05, 0.1) is 40.0 Å². The monoisotopic (exact) mass is 431 g/mol. The second-order valence-corrected chi connectivity index (χ2v) is 6.46. The van der Waals surface area contributed by atoms with Crippen molar-refractivity contribution in [3.05, 3.63) is 65.7 Å². The first-order chi connectivity index (χ1) is 15.2. The van der Waals surface area contributed by atoms with Crippen LogP contribution in [0, 0.1) is 0 Å². The summed E-state index contributed by atoms with van der Waals surface area (Å²) in [7, 11) is 1.37. The third-order valence-corrected chi connectivity index (χ3v) is 4.10. The van der Waals surface area contributed by atoms with Gasteiger partial charge in [0.15, 0.2) is 0 Å². The number of methoxy groups -OCH3 is 1. The number of ether oxygens (including phenoxy) is 5. The van der Waals surface area contributed by atoms with E-state index >= 15 is 0 Å². The van der Waals surface area contributed by atoms with Crippen molar-refractivity contribution in [2.75, 3.05) is 46.7 Å². The van der Waals surface area contributed by atoms with Gasteiger partial charge in [-0.2, -0.15) is 0 Å². The predicted octanol–water partition coefficient (Wildman–Crippen LogP) is 2.74. The van der Waals surface area contributed by atoms with E-state index in [0.29, 0.717) is 45.3 Å². The molecule has 0 atom stereocenters. The molecule has 31 heavy (non-hydrogen) atoms. The van der Waals surface area contributed by atoms with Crippen LogP contribution in [0.2, 0.25) is 0 Å². The average Bonchev–Trinajstić information content (AvgIpc) is 2.80. The van der Waals surface area contributed by atoms with E-state index in [2.05, 4.69) is 10.1 Å². The predicted molar refractivity (Wildman–Crippen MR) is 114 cm³/mol. The minimum Gasteiger partial charge on any atom is -0.491 e. The summed E-state index contributed by atoms with van der Waals surface area (Å²) in [6, 6.07) is 16.7. The normalized spacial score (nSPS) is 10.4. The van der Waals surface area contributed by atoms with Gasteiger partial charge in [-0.3, -0.25) is 4.79 Å². The van der Waals surface area contributed by atoms with Crippen molar-refractivity contribution in [1.29, 1.82) is 0 Å². The molecule has 0 bridgehead atoms. The van der Waals surface area contributed by atoms with Crippen molar-refractivity contribution in [3.63, 3.8) is 0 Å². The van der Waals surface area contributed by atoms with Crippen LogP contribution in [0.5, 0.6) is 5.75 Å². The van der Waals surface area contributed by atoms with E-state index in [1.807, 2.05) is 42.5 Å². The molecule has 8 heteroatoms. The second-order valence-electron chi connectivity index (χ2n) is 6.46. The number of hydrogen-bond acceptors (Lipinski definition) is 7. The molecule has 0 saturated carbocycles. The highest BCUT2D eigenvalue weighted by atomic mass is 16.6. The number of hydrogen-bond donors (Lipinski definition) is 1. The summed E-state index contributed by atoms with van der Waals surface area (Å²) in [6.07, 6.45) is -0.233. The fraction of sp³-hybridized carbons (Fsp3) is 0.391. The molecule has 0 aliphatic rings. The van der Waals surface area contributed by atoms with E-state index < -0.39 is 6.09 Å². The zero-order chi connectivity index (χ0) is 22.2. The Hall–Kier alpha value is -3.10. The van der Waals surface area contributed by atoms with Gasteiger partial charge < -0.3 is 29.0 Å². The molecule has 0 heterocycles. The molecule has 0 saturated heterocycles. The summed E-state index contributed by atoms with van der Waals surface area (Å²) in [5.41, 5.74) is 1.80. The molecule has 0 radical (unpaired) electrons. The lowest BCUT2D eigenvalue weighted by Gasteiger charge is -2.09. The molecule has 1 amide bonds. The van der Waals surface area contributed by atoms with Gasteiger partial charge in [0, 0.05) is 6.54 Å². The summed E-state index contributed by atoms with van der Waals surface area (Å²) >= 11 is 0. The van der Waals surface area contributed by atoms with Crippen molar-refractivity contribution in [3.8, 4) is 5.75 Å². The van der Waals surface area contributed by atoms with Gasteiger partial charge in [-0.15, -0.1) is 0 Å². The Kier molecular flexibility index (Phi) is 11.6. The van der Waals surface area contributed by atoms with Crippen LogP contribution in [0.4, 0.5) is 4.79 Å². The van der Waals surface area contributed by atoms with Crippen molar-refractivity contribution in [2.45, 2.75) is 13.0 Å². The minimum atomic E-state index is -0.473. The number of amides is 1. The molecule has 8 nitrogen and oxygen atoms in total. The molecule has 0 aliphatic heterocycles. The Morgan fingerprint density at radius 1 is 0.806 bits per heavy atom. The van der Waals surface area contributed by atoms with Crippen LogP contribution >= 0.6 is 0 Å². The molecule has 168 valence electrons. The third kappa shape index (κ3) is 11.0. The van der Waals surface area contributed by atoms with Crippen molar-refractivity contribution < 1.29 is 33.3 Å². The first kappa shape index (κ1) is 24.2. The summed E-state index contributed by atoms with van der Waals surface area (Å²) in [5.74, 6) is 0.432. The minimum absolute atomic E-state index is 0.237. The fourth-order valence-corrected chi connectivity index (χ4v) is 2.48. The van der Waals surface area contributed by atoms with E-state index in [1.54, 1.807) is 12.1 Å². The van der Waals surface area contributed by atoms with Crippen LogP contribution < -0.4 is 10.1 Å². The second kappa shape index (κ2) is 14.8. The first-order valence-corrected chi connectivity index (χ1v) is 10.1. The smallest absolute Gasteiger partial charge is 0.407 e. The van der Waals surface area contributed by atoms with Gasteiger partial charge in [0.1, 0.15) is 19.0 Å². The topological polar surface area (TPSA) is 92.3 Å². The van der Waals surface area contributed by atoms with Crippen molar-refractivity contribution in [1.82, 2.24) is 5.32 Å². The van der Waals surface area contributed by atoms with Crippen LogP contribution in [0.15, 0.2) is 54.6 Å². The summed E-state index contributed by atoms with van der Waals surface area (Å²) in [5, 5.41) is 2.63. The third-order valence-electron chi connectivity index (χ3n) is 4.10. The van der Waals surface area contributed by atoms with Gasteiger partial charge in [-0.05, 0) is 23.3 Å². The maximum absolute atomic E-state index is 11.6. The van der Waals surface area contributed by atoms with E-state index in [-0.39, 0.29) is 19.0 Å². The van der Waals surface area contributed by atoms with Gasteiger partial charge >= 0.3 is 12.1 Å². The molecule has 0 fully saturated rings. The Morgan fingerprint density at radius 2 is 1.48 bits per heavy atom. The van der Waals surface area contributed by atoms with Crippen LogP contribution in [-0.2, 0) is 36.8 Å². The maximum Gasteiger partial charge on any atom is 0.407 e. The molecule has 2 aromatic carbocycles. The molecular weight excluding hydrogens is 402 g/mol. The SMILES string of the molecule is COC(=O)Cc1ccc(OCCOCCOCCNC(=O)OCc2ccccc2)cc1. The van der Waals surface area contributed by atoms with Gasteiger partial charge in [0.2, 0.25) is 0 Å². The number of esters is 1. The Labute approximate surface area is 182 Å². The highest BCUT2D eigenvalue weighted by Crippen LogP contribution is 2.12. The average molecular weight is 431 g/mol. The van der Waals surface area contributed by atoms with E-state index in [9.17, 15) is 9.59 Å². The molecule has 0 unspecified atom stereocenters. The highest BCUT2D eigenvalue weighted by Gasteiger charge is 2.03. The van der Waals surface area contributed by atoms with Crippen LogP contribution in [0.3, 0.4) is 0 Å². The molecule has 1 N–H and O–H groups in total. The molecular formula is C23H29NO7. The van der Waals surface area contributed by atoms with Gasteiger partial charge in [0.25, 0.3) is 0 Å². The summed E-state index contributed by atoms with van der Waals surface area (Å²) in [4.78, 5) is 22.8. The Morgan fingerprint density at radius 3 is 2.19 bits per heavy atom. The number of carbonyl (C=O) groups excluding carboxylic acids is 2. The quantitative estimate of drug-likeness (QED) is 0.363. The zero-order valence-corrected chi connectivity index (χ0v) is 17.7. The van der Waals surface area contributed by atoms with Crippen molar-refractivity contribution in [2.24, 2.45) is 0 Å².